The summed E-state index contributed by atoms with van der Waals surface area (Å²) in [7, 11) is 0. The first-order valence-corrected chi connectivity index (χ1v) is 9.20. The summed E-state index contributed by atoms with van der Waals surface area (Å²) < 4.78 is 5.92. The minimum absolute atomic E-state index is 0.164. The van der Waals surface area contributed by atoms with Gasteiger partial charge in [0.2, 0.25) is 0 Å². The Hall–Kier alpha value is -0.970. The van der Waals surface area contributed by atoms with E-state index in [0.29, 0.717) is 5.57 Å². The Labute approximate surface area is 143 Å². The monoisotopic (exact) mass is 332 g/mol. The minimum atomic E-state index is -1.35. The molecule has 0 aromatic carbocycles. The standard InChI is InChI=1S/C20H28O4/c1-12(10-21)14-4-5-18(2)6-7-19(3)15(17(14)18)8-16-13(11-22)9-20(19,23)24-16/h9,11-12,15-16,21,23H,4-8,10H2,1-3H3/t12?,15-,16-,18-,19-,20?/m1/s1. The Balaban J connectivity index is 1.85. The second-order valence-electron chi connectivity index (χ2n) is 8.85. The first-order chi connectivity index (χ1) is 11.3. The van der Waals surface area contributed by atoms with Gasteiger partial charge in [-0.2, -0.15) is 0 Å². The maximum absolute atomic E-state index is 11.4. The first kappa shape index (κ1) is 16.5. The minimum Gasteiger partial charge on any atom is -0.396 e. The van der Waals surface area contributed by atoms with E-state index in [1.165, 1.54) is 11.1 Å². The van der Waals surface area contributed by atoms with Gasteiger partial charge in [0.15, 0.2) is 5.79 Å². The van der Waals surface area contributed by atoms with Crippen LogP contribution in [0.5, 0.6) is 0 Å². The van der Waals surface area contributed by atoms with Crippen LogP contribution in [-0.2, 0) is 9.53 Å². The molecule has 0 spiro atoms. The molecule has 132 valence electrons. The van der Waals surface area contributed by atoms with Gasteiger partial charge in [-0.25, -0.2) is 0 Å². The SMILES string of the molecule is CC(CO)C1=C2[C@H]3C[C@H]4OC(O)(C=C4C=O)[C@]3(C)CC[C@@]2(C)CC1. The number of rotatable bonds is 3. The Morgan fingerprint density at radius 3 is 2.79 bits per heavy atom. The highest BCUT2D eigenvalue weighted by Crippen LogP contribution is 2.67. The van der Waals surface area contributed by atoms with Crippen LogP contribution in [0.2, 0.25) is 0 Å². The lowest BCUT2D eigenvalue weighted by Crippen LogP contribution is -2.58. The van der Waals surface area contributed by atoms with E-state index in [-0.39, 0.29) is 30.0 Å². The molecule has 0 aromatic heterocycles. The average Bonchev–Trinajstić information content (AvgIpc) is 3.05. The normalized spacial score (nSPS) is 48.0. The Morgan fingerprint density at radius 1 is 1.38 bits per heavy atom. The molecule has 2 heterocycles. The Kier molecular flexibility index (Phi) is 3.45. The third kappa shape index (κ3) is 1.88. The lowest BCUT2D eigenvalue weighted by atomic mass is 9.52. The molecule has 0 aromatic rings. The fraction of sp³-hybridized carbons (Fsp3) is 0.750. The van der Waals surface area contributed by atoms with Crippen LogP contribution in [0.4, 0.5) is 0 Å². The van der Waals surface area contributed by atoms with Gasteiger partial charge in [0.25, 0.3) is 0 Å². The average molecular weight is 332 g/mol. The van der Waals surface area contributed by atoms with E-state index in [1.54, 1.807) is 6.08 Å². The van der Waals surface area contributed by atoms with Crippen LogP contribution in [0.15, 0.2) is 22.8 Å². The molecule has 0 amide bonds. The van der Waals surface area contributed by atoms with E-state index in [4.69, 9.17) is 4.74 Å². The molecule has 0 radical (unpaired) electrons. The summed E-state index contributed by atoms with van der Waals surface area (Å²) in [5.74, 6) is -0.973. The summed E-state index contributed by atoms with van der Waals surface area (Å²) in [6.07, 6.45) is 7.05. The van der Waals surface area contributed by atoms with Gasteiger partial charge in [0.05, 0.1) is 6.10 Å². The molecular weight excluding hydrogens is 304 g/mol. The predicted molar refractivity (Wildman–Crippen MR) is 90.0 cm³/mol. The second kappa shape index (κ2) is 5.03. The highest BCUT2D eigenvalue weighted by atomic mass is 16.6. The molecule has 4 heteroatoms. The first-order valence-electron chi connectivity index (χ1n) is 9.20. The fourth-order valence-corrected chi connectivity index (χ4v) is 5.87. The third-order valence-corrected chi connectivity index (χ3v) is 7.58. The molecule has 1 saturated carbocycles. The predicted octanol–water partition coefficient (Wildman–Crippen LogP) is 2.74. The number of fused-ring (bicyclic) bond motifs is 6. The topological polar surface area (TPSA) is 66.8 Å². The van der Waals surface area contributed by atoms with Crippen molar-refractivity contribution in [1.29, 1.82) is 0 Å². The summed E-state index contributed by atoms with van der Waals surface area (Å²) in [6, 6.07) is 0. The highest BCUT2D eigenvalue weighted by molar-refractivity contribution is 5.76. The summed E-state index contributed by atoms with van der Waals surface area (Å²) in [5, 5.41) is 20.9. The summed E-state index contributed by atoms with van der Waals surface area (Å²) >= 11 is 0. The van der Waals surface area contributed by atoms with Crippen molar-refractivity contribution in [3.05, 3.63) is 22.8 Å². The Morgan fingerprint density at radius 2 is 2.12 bits per heavy atom. The van der Waals surface area contributed by atoms with Crippen molar-refractivity contribution in [2.45, 2.75) is 64.8 Å². The van der Waals surface area contributed by atoms with Gasteiger partial charge in [-0.15, -0.1) is 0 Å². The van der Waals surface area contributed by atoms with Gasteiger partial charge < -0.3 is 14.9 Å². The fourth-order valence-electron chi connectivity index (χ4n) is 5.87. The Bertz CT molecular complexity index is 650. The number of allylic oxidation sites excluding steroid dienone is 1. The van der Waals surface area contributed by atoms with Crippen molar-refractivity contribution in [2.75, 3.05) is 6.61 Å². The molecule has 4 rings (SSSR count). The second-order valence-corrected chi connectivity index (χ2v) is 8.85. The molecule has 24 heavy (non-hydrogen) atoms. The van der Waals surface area contributed by atoms with Crippen LogP contribution in [0.25, 0.3) is 0 Å². The van der Waals surface area contributed by atoms with E-state index < -0.39 is 11.2 Å². The van der Waals surface area contributed by atoms with Gasteiger partial charge in [0, 0.05) is 23.5 Å². The van der Waals surface area contributed by atoms with E-state index in [0.717, 1.165) is 38.4 Å². The molecule has 2 unspecified atom stereocenters. The molecule has 1 saturated heterocycles. The van der Waals surface area contributed by atoms with Gasteiger partial charge in [0.1, 0.15) is 6.29 Å². The summed E-state index contributed by atoms with van der Waals surface area (Å²) in [6.45, 7) is 6.72. The van der Waals surface area contributed by atoms with Crippen molar-refractivity contribution < 1.29 is 19.7 Å². The van der Waals surface area contributed by atoms with Gasteiger partial charge in [-0.1, -0.05) is 31.9 Å². The maximum atomic E-state index is 11.4. The zero-order chi connectivity index (χ0) is 17.3. The van der Waals surface area contributed by atoms with Crippen LogP contribution >= 0.6 is 0 Å². The number of ether oxygens (including phenoxy) is 1. The van der Waals surface area contributed by atoms with Crippen molar-refractivity contribution in [3.63, 3.8) is 0 Å². The van der Waals surface area contributed by atoms with Crippen molar-refractivity contribution >= 4 is 6.29 Å². The third-order valence-electron chi connectivity index (χ3n) is 7.58. The van der Waals surface area contributed by atoms with E-state index >= 15 is 0 Å². The molecule has 2 fully saturated rings. The number of carbonyl (C=O) groups excluding carboxylic acids is 1. The zero-order valence-electron chi connectivity index (χ0n) is 14.8. The van der Waals surface area contributed by atoms with Gasteiger partial charge in [-0.3, -0.25) is 4.79 Å². The molecule has 6 atom stereocenters. The van der Waals surface area contributed by atoms with Crippen LogP contribution < -0.4 is 0 Å². The number of carbonyl (C=O) groups is 1. The lowest BCUT2D eigenvalue weighted by Gasteiger charge is -2.57. The van der Waals surface area contributed by atoms with Crippen LogP contribution in [0.1, 0.15) is 52.9 Å². The number of aliphatic hydroxyl groups is 2. The summed E-state index contributed by atoms with van der Waals surface area (Å²) in [5.41, 5.74) is 3.18. The van der Waals surface area contributed by atoms with E-state index in [1.807, 2.05) is 0 Å². The molecule has 4 aliphatic rings. The largest absolute Gasteiger partial charge is 0.396 e. The number of aliphatic hydroxyl groups excluding tert-OH is 1. The van der Waals surface area contributed by atoms with Crippen molar-refractivity contribution in [2.24, 2.45) is 22.7 Å². The van der Waals surface area contributed by atoms with E-state index in [2.05, 4.69) is 20.8 Å². The van der Waals surface area contributed by atoms with Crippen molar-refractivity contribution in [3.8, 4) is 0 Å². The van der Waals surface area contributed by atoms with E-state index in [9.17, 15) is 15.0 Å². The van der Waals surface area contributed by atoms with Crippen molar-refractivity contribution in [1.82, 2.24) is 0 Å². The van der Waals surface area contributed by atoms with Crippen LogP contribution in [0.3, 0.4) is 0 Å². The number of aldehydes is 1. The van der Waals surface area contributed by atoms with Crippen LogP contribution in [-0.4, -0.2) is 35.0 Å². The quantitative estimate of drug-likeness (QED) is 0.616. The lowest BCUT2D eigenvalue weighted by molar-refractivity contribution is -0.288. The van der Waals surface area contributed by atoms with Crippen LogP contribution in [0, 0.1) is 22.7 Å². The number of hydrogen-bond donors (Lipinski definition) is 2. The zero-order valence-corrected chi connectivity index (χ0v) is 14.8. The molecular formula is C20H28O4. The molecule has 2 bridgehead atoms. The molecule has 2 N–H and O–H groups in total. The smallest absolute Gasteiger partial charge is 0.192 e. The molecule has 2 aliphatic heterocycles. The molecule has 2 aliphatic carbocycles. The van der Waals surface area contributed by atoms with Gasteiger partial charge in [-0.05, 0) is 49.5 Å². The summed E-state index contributed by atoms with van der Waals surface area (Å²) in [4.78, 5) is 11.4. The van der Waals surface area contributed by atoms with Gasteiger partial charge >= 0.3 is 0 Å². The number of hydrogen-bond acceptors (Lipinski definition) is 4. The highest BCUT2D eigenvalue weighted by Gasteiger charge is 2.65. The maximum Gasteiger partial charge on any atom is 0.192 e. The molecule has 4 nitrogen and oxygen atoms in total.